The van der Waals surface area contributed by atoms with E-state index >= 15 is 0 Å². The molecule has 29 heavy (non-hydrogen) atoms. The average Bonchev–Trinajstić information content (AvgIpc) is 3.20. The number of aromatic hydroxyl groups is 1. The quantitative estimate of drug-likeness (QED) is 0.605. The van der Waals surface area contributed by atoms with Gasteiger partial charge in [-0.25, -0.2) is 9.37 Å². The van der Waals surface area contributed by atoms with Gasteiger partial charge in [0.25, 0.3) is 0 Å². The lowest BCUT2D eigenvalue weighted by Crippen LogP contribution is -2.27. The third kappa shape index (κ3) is 4.36. The number of hydrogen-bond acceptors (Lipinski definition) is 6. The molecule has 2 atom stereocenters. The topological polar surface area (TPSA) is 89.1 Å². The number of nitrogens with zero attached hydrogens (tertiary/aromatic N) is 2. The van der Waals surface area contributed by atoms with Crippen molar-refractivity contribution in [3.05, 3.63) is 64.7 Å². The highest BCUT2D eigenvalue weighted by molar-refractivity contribution is 7.13. The number of pyridine rings is 1. The van der Waals surface area contributed by atoms with Crippen molar-refractivity contribution in [1.29, 1.82) is 0 Å². The molecule has 1 saturated carbocycles. The van der Waals surface area contributed by atoms with Crippen molar-refractivity contribution in [1.82, 2.24) is 9.97 Å². The second-order valence-corrected chi connectivity index (χ2v) is 8.36. The summed E-state index contributed by atoms with van der Waals surface area (Å²) >= 11 is 1.18. The van der Waals surface area contributed by atoms with Crippen LogP contribution in [0.15, 0.2) is 42.0 Å². The van der Waals surface area contributed by atoms with E-state index in [9.17, 15) is 14.3 Å². The summed E-state index contributed by atoms with van der Waals surface area (Å²) < 4.78 is 14.1. The maximum atomic E-state index is 14.1. The lowest BCUT2D eigenvalue weighted by molar-refractivity contribution is 0.0988. The van der Waals surface area contributed by atoms with Gasteiger partial charge in [-0.1, -0.05) is 6.42 Å². The van der Waals surface area contributed by atoms with Crippen molar-refractivity contribution < 1.29 is 14.3 Å². The summed E-state index contributed by atoms with van der Waals surface area (Å²) in [5.41, 5.74) is 8.66. The van der Waals surface area contributed by atoms with Gasteiger partial charge in [0.1, 0.15) is 22.3 Å². The van der Waals surface area contributed by atoms with Crippen LogP contribution in [0.5, 0.6) is 5.75 Å². The fourth-order valence-electron chi connectivity index (χ4n) is 3.96. The molecule has 0 amide bonds. The molecular weight excluding hydrogens is 389 g/mol. The average molecular weight is 412 g/mol. The number of nitrogens with two attached hydrogens (primary N) is 1. The smallest absolute Gasteiger partial charge is 0.186 e. The summed E-state index contributed by atoms with van der Waals surface area (Å²) in [7, 11) is 0. The standard InChI is InChI=1S/C22H22FN3O2S/c23-19-5-4-16(27)10-18(19)22-26-20(12-29-22)21(28)9-14-11-25-7-6-17(14)13-2-1-3-15(24)8-13/h4-7,10-13,15,27H,1-3,8-9,24H2/t13-,15+/m1/s1. The summed E-state index contributed by atoms with van der Waals surface area (Å²) in [6.07, 6.45) is 7.82. The number of hydrogen-bond donors (Lipinski definition) is 2. The molecule has 2 heterocycles. The molecule has 3 aromatic rings. The highest BCUT2D eigenvalue weighted by Crippen LogP contribution is 2.34. The number of carbonyl (C=O) groups is 1. The van der Waals surface area contributed by atoms with E-state index in [1.165, 1.54) is 29.5 Å². The van der Waals surface area contributed by atoms with E-state index in [4.69, 9.17) is 5.73 Å². The van der Waals surface area contributed by atoms with E-state index in [2.05, 4.69) is 9.97 Å². The molecule has 0 spiro atoms. The first-order valence-corrected chi connectivity index (χ1v) is 10.5. The van der Waals surface area contributed by atoms with Crippen LogP contribution < -0.4 is 5.73 Å². The summed E-state index contributed by atoms with van der Waals surface area (Å²) in [5, 5.41) is 11.6. The highest BCUT2D eigenvalue weighted by Gasteiger charge is 2.24. The van der Waals surface area contributed by atoms with E-state index in [1.807, 2.05) is 6.07 Å². The Kier molecular flexibility index (Phi) is 5.69. The number of ketones is 1. The molecule has 2 aromatic heterocycles. The maximum Gasteiger partial charge on any atom is 0.186 e. The van der Waals surface area contributed by atoms with Crippen LogP contribution in [0.25, 0.3) is 10.6 Å². The molecule has 0 saturated heterocycles. The monoisotopic (exact) mass is 411 g/mol. The van der Waals surface area contributed by atoms with Crippen LogP contribution in [0.3, 0.4) is 0 Å². The van der Waals surface area contributed by atoms with Crippen LogP contribution in [-0.2, 0) is 6.42 Å². The summed E-state index contributed by atoms with van der Waals surface area (Å²) in [4.78, 5) is 21.4. The van der Waals surface area contributed by atoms with E-state index < -0.39 is 5.82 Å². The number of halogens is 1. The molecule has 0 aliphatic heterocycles. The molecule has 0 unspecified atom stereocenters. The maximum absolute atomic E-state index is 14.1. The Labute approximate surface area is 172 Å². The minimum atomic E-state index is -0.487. The van der Waals surface area contributed by atoms with Crippen LogP contribution in [0.4, 0.5) is 4.39 Å². The second-order valence-electron chi connectivity index (χ2n) is 7.50. The molecule has 3 N–H and O–H groups in total. The molecule has 1 aromatic carbocycles. The molecule has 0 radical (unpaired) electrons. The minimum Gasteiger partial charge on any atom is -0.508 e. The molecule has 4 rings (SSSR count). The van der Waals surface area contributed by atoms with Gasteiger partial charge in [0, 0.05) is 35.8 Å². The van der Waals surface area contributed by atoms with Gasteiger partial charge < -0.3 is 10.8 Å². The molecular formula is C22H22FN3O2S. The third-order valence-electron chi connectivity index (χ3n) is 5.42. The van der Waals surface area contributed by atoms with E-state index in [1.54, 1.807) is 17.8 Å². The molecule has 5 nitrogen and oxygen atoms in total. The number of rotatable bonds is 5. The predicted molar refractivity (Wildman–Crippen MR) is 111 cm³/mol. The highest BCUT2D eigenvalue weighted by atomic mass is 32.1. The molecule has 0 bridgehead atoms. The Bertz CT molecular complexity index is 1040. The number of Topliss-reactive ketones (excluding diaryl/α,β-unsaturated/α-hetero) is 1. The molecule has 7 heteroatoms. The fourth-order valence-corrected chi connectivity index (χ4v) is 4.80. The first-order valence-electron chi connectivity index (χ1n) is 9.67. The SMILES string of the molecule is N[C@H]1CCC[C@@H](c2ccncc2CC(=O)c2csc(-c3cc(O)ccc3F)n2)C1. The summed E-state index contributed by atoms with van der Waals surface area (Å²) in [6.45, 7) is 0. The Hall–Kier alpha value is -2.64. The predicted octanol–water partition coefficient (Wildman–Crippen LogP) is 4.46. The van der Waals surface area contributed by atoms with Crippen LogP contribution in [-0.4, -0.2) is 26.9 Å². The largest absolute Gasteiger partial charge is 0.508 e. The van der Waals surface area contributed by atoms with Crippen molar-refractivity contribution in [2.75, 3.05) is 0 Å². The number of benzene rings is 1. The zero-order valence-electron chi connectivity index (χ0n) is 15.8. The van der Waals surface area contributed by atoms with Gasteiger partial charge in [0.2, 0.25) is 0 Å². The van der Waals surface area contributed by atoms with Gasteiger partial charge in [-0.2, -0.15) is 0 Å². The molecule has 150 valence electrons. The lowest BCUT2D eigenvalue weighted by atomic mass is 9.80. The number of thiazole rings is 1. The van der Waals surface area contributed by atoms with Gasteiger partial charge in [0.15, 0.2) is 5.78 Å². The minimum absolute atomic E-state index is 0.0461. The van der Waals surface area contributed by atoms with Crippen LogP contribution in [0, 0.1) is 5.82 Å². The number of phenols is 1. The van der Waals surface area contributed by atoms with E-state index in [0.29, 0.717) is 16.6 Å². The summed E-state index contributed by atoms with van der Waals surface area (Å²) in [6, 6.07) is 5.96. The number of carbonyl (C=O) groups excluding carboxylic acids is 1. The van der Waals surface area contributed by atoms with Gasteiger partial charge >= 0.3 is 0 Å². The van der Waals surface area contributed by atoms with E-state index in [-0.39, 0.29) is 29.6 Å². The third-order valence-corrected chi connectivity index (χ3v) is 6.29. The Balaban J connectivity index is 1.55. The Morgan fingerprint density at radius 1 is 1.31 bits per heavy atom. The van der Waals surface area contributed by atoms with Crippen LogP contribution >= 0.6 is 11.3 Å². The zero-order chi connectivity index (χ0) is 20.4. The second kappa shape index (κ2) is 8.39. The van der Waals surface area contributed by atoms with Gasteiger partial charge in [-0.3, -0.25) is 9.78 Å². The fraction of sp³-hybridized carbons (Fsp3) is 0.318. The van der Waals surface area contributed by atoms with Gasteiger partial charge in [-0.05, 0) is 60.6 Å². The van der Waals surface area contributed by atoms with Crippen molar-refractivity contribution >= 4 is 17.1 Å². The van der Waals surface area contributed by atoms with Crippen LogP contribution in [0.2, 0.25) is 0 Å². The van der Waals surface area contributed by atoms with Crippen molar-refractivity contribution in [3.8, 4) is 16.3 Å². The van der Waals surface area contributed by atoms with Gasteiger partial charge in [-0.15, -0.1) is 11.3 Å². The van der Waals surface area contributed by atoms with Crippen molar-refractivity contribution in [2.24, 2.45) is 5.73 Å². The Morgan fingerprint density at radius 3 is 3.00 bits per heavy atom. The first kappa shape index (κ1) is 19.7. The Morgan fingerprint density at radius 2 is 2.17 bits per heavy atom. The number of aromatic nitrogens is 2. The normalized spacial score (nSPS) is 19.2. The first-order chi connectivity index (χ1) is 14.0. The lowest BCUT2D eigenvalue weighted by Gasteiger charge is -2.28. The molecule has 1 fully saturated rings. The summed E-state index contributed by atoms with van der Waals surface area (Å²) in [5.74, 6) is -0.325. The van der Waals surface area contributed by atoms with E-state index in [0.717, 1.165) is 36.8 Å². The number of phenolic OH excluding ortho intramolecular Hbond substituents is 1. The van der Waals surface area contributed by atoms with Crippen LogP contribution in [0.1, 0.15) is 53.2 Å². The van der Waals surface area contributed by atoms with Crippen molar-refractivity contribution in [2.45, 2.75) is 44.1 Å². The van der Waals surface area contributed by atoms with Crippen molar-refractivity contribution in [3.63, 3.8) is 0 Å². The zero-order valence-corrected chi connectivity index (χ0v) is 16.7. The molecule has 1 aliphatic rings. The van der Waals surface area contributed by atoms with Gasteiger partial charge in [0.05, 0.1) is 0 Å². The molecule has 1 aliphatic carbocycles.